The zero-order chi connectivity index (χ0) is 44.9. The molecule has 0 amide bonds. The number of carbonyl (C=O) groups excluding carboxylic acids is 2. The van der Waals surface area contributed by atoms with E-state index >= 15 is 0 Å². The van der Waals surface area contributed by atoms with E-state index in [1.54, 1.807) is 0 Å². The average Bonchev–Trinajstić information content (AvgIpc) is 3.27. The van der Waals surface area contributed by atoms with Crippen LogP contribution in [0.3, 0.4) is 0 Å². The van der Waals surface area contributed by atoms with Crippen molar-refractivity contribution < 1.29 is 23.8 Å². The molecule has 0 aliphatic rings. The lowest BCUT2D eigenvalue weighted by Crippen LogP contribution is -2.30. The number of hydrogen-bond acceptors (Lipinski definition) is 5. The average molecular weight is 871 g/mol. The van der Waals surface area contributed by atoms with Crippen LogP contribution in [0.15, 0.2) is 36.5 Å². The minimum absolute atomic E-state index is 0.0827. The van der Waals surface area contributed by atoms with Crippen LogP contribution in [0, 0.1) is 0 Å². The highest BCUT2D eigenvalue weighted by molar-refractivity contribution is 5.70. The summed E-state index contributed by atoms with van der Waals surface area (Å²) in [6, 6.07) is 0. The van der Waals surface area contributed by atoms with Crippen LogP contribution in [0.1, 0.15) is 290 Å². The van der Waals surface area contributed by atoms with Gasteiger partial charge < -0.3 is 14.2 Å². The molecule has 1 atom stereocenters. The lowest BCUT2D eigenvalue weighted by molar-refractivity contribution is -0.163. The van der Waals surface area contributed by atoms with Crippen LogP contribution in [0.5, 0.6) is 0 Å². The Balaban J connectivity index is 4.24. The molecule has 0 spiro atoms. The summed E-state index contributed by atoms with van der Waals surface area (Å²) in [6.45, 7) is 7.81. The van der Waals surface area contributed by atoms with Gasteiger partial charge in [0, 0.05) is 19.4 Å². The monoisotopic (exact) mass is 871 g/mol. The van der Waals surface area contributed by atoms with Gasteiger partial charge in [0.05, 0.1) is 6.61 Å². The van der Waals surface area contributed by atoms with Gasteiger partial charge >= 0.3 is 11.9 Å². The molecule has 5 nitrogen and oxygen atoms in total. The molecule has 0 heterocycles. The van der Waals surface area contributed by atoms with Gasteiger partial charge in [-0.2, -0.15) is 0 Å². The van der Waals surface area contributed by atoms with Crippen LogP contribution in [0.2, 0.25) is 0 Å². The number of hydrogen-bond donors (Lipinski definition) is 0. The second-order valence-corrected chi connectivity index (χ2v) is 18.5. The fourth-order valence-electron chi connectivity index (χ4n) is 8.01. The van der Waals surface area contributed by atoms with E-state index in [0.717, 1.165) is 57.8 Å². The van der Waals surface area contributed by atoms with E-state index in [0.29, 0.717) is 19.4 Å². The minimum atomic E-state index is -0.541. The third kappa shape index (κ3) is 50.8. The predicted octanol–water partition coefficient (Wildman–Crippen LogP) is 18.6. The summed E-state index contributed by atoms with van der Waals surface area (Å²) in [4.78, 5) is 25.4. The molecule has 0 rings (SSSR count). The minimum Gasteiger partial charge on any atom is -0.462 e. The normalized spacial score (nSPS) is 12.4. The third-order valence-electron chi connectivity index (χ3n) is 12.1. The molecule has 0 aromatic rings. The standard InChI is InChI=1S/C57H106O5/c1-4-7-10-13-16-19-22-25-27-29-30-33-35-38-41-44-47-50-56(58)61-54-55(62-57(59)51-48-45-42-39-36-32-24-21-18-15-12-9-6-3)53-60-52-49-46-43-40-37-34-31-28-26-23-20-17-14-11-8-5-2/h17,20-21,24,26,28,55H,4-16,18-19,22-23,25,27,29-54H2,1-3H3/b20-17-,24-21-,28-26-. The van der Waals surface area contributed by atoms with Gasteiger partial charge in [-0.05, 0) is 77.0 Å². The van der Waals surface area contributed by atoms with Crippen molar-refractivity contribution in [3.8, 4) is 0 Å². The maximum Gasteiger partial charge on any atom is 0.306 e. The van der Waals surface area contributed by atoms with Gasteiger partial charge in [0.1, 0.15) is 6.61 Å². The Kier molecular flexibility index (Phi) is 51.8. The van der Waals surface area contributed by atoms with E-state index in [2.05, 4.69) is 57.2 Å². The smallest absolute Gasteiger partial charge is 0.306 e. The number of esters is 2. The van der Waals surface area contributed by atoms with Crippen LogP contribution in [-0.2, 0) is 23.8 Å². The molecule has 0 bridgehead atoms. The van der Waals surface area contributed by atoms with Crippen LogP contribution < -0.4 is 0 Å². The first-order valence-electron chi connectivity index (χ1n) is 27.5. The van der Waals surface area contributed by atoms with Crippen molar-refractivity contribution in [2.45, 2.75) is 297 Å². The van der Waals surface area contributed by atoms with E-state index in [1.807, 2.05) is 0 Å². The van der Waals surface area contributed by atoms with Gasteiger partial charge in [0.25, 0.3) is 0 Å². The summed E-state index contributed by atoms with van der Waals surface area (Å²) in [5, 5.41) is 0. The maximum absolute atomic E-state index is 12.8. The van der Waals surface area contributed by atoms with E-state index in [-0.39, 0.29) is 25.2 Å². The molecule has 0 aromatic heterocycles. The molecular weight excluding hydrogens is 765 g/mol. The van der Waals surface area contributed by atoms with E-state index < -0.39 is 6.10 Å². The highest BCUT2D eigenvalue weighted by Crippen LogP contribution is 2.16. The summed E-state index contributed by atoms with van der Waals surface area (Å²) in [6.07, 6.45) is 64.4. The molecule has 0 N–H and O–H groups in total. The molecule has 0 saturated heterocycles. The Labute approximate surface area is 387 Å². The summed E-state index contributed by atoms with van der Waals surface area (Å²) in [7, 11) is 0. The SMILES string of the molecule is CCCCC/C=C\C/C=C\CCCCCCCCOCC(COC(=O)CCCCCCCCCCCCCCCCCCC)OC(=O)CCCCCCC/C=C\CCCCCC. The molecule has 5 heteroatoms. The van der Waals surface area contributed by atoms with Gasteiger partial charge in [0.2, 0.25) is 0 Å². The molecule has 0 saturated carbocycles. The van der Waals surface area contributed by atoms with Crippen LogP contribution in [0.25, 0.3) is 0 Å². The van der Waals surface area contributed by atoms with Crippen molar-refractivity contribution in [3.63, 3.8) is 0 Å². The molecule has 0 aliphatic heterocycles. The largest absolute Gasteiger partial charge is 0.462 e. The fourth-order valence-corrected chi connectivity index (χ4v) is 8.01. The van der Waals surface area contributed by atoms with Crippen molar-refractivity contribution >= 4 is 11.9 Å². The fraction of sp³-hybridized carbons (Fsp3) is 0.860. The lowest BCUT2D eigenvalue weighted by atomic mass is 10.0. The Bertz CT molecular complexity index is 986. The Morgan fingerprint density at radius 2 is 0.677 bits per heavy atom. The zero-order valence-corrected chi connectivity index (χ0v) is 41.9. The van der Waals surface area contributed by atoms with Crippen molar-refractivity contribution in [2.24, 2.45) is 0 Å². The molecule has 0 radical (unpaired) electrons. The topological polar surface area (TPSA) is 61.8 Å². The van der Waals surface area contributed by atoms with Crippen molar-refractivity contribution in [2.75, 3.05) is 19.8 Å². The first-order chi connectivity index (χ1) is 30.6. The molecular formula is C57H106O5. The second-order valence-electron chi connectivity index (χ2n) is 18.5. The molecule has 364 valence electrons. The quantitative estimate of drug-likeness (QED) is 0.0346. The molecule has 62 heavy (non-hydrogen) atoms. The van der Waals surface area contributed by atoms with Gasteiger partial charge in [-0.15, -0.1) is 0 Å². The van der Waals surface area contributed by atoms with Crippen LogP contribution in [0.4, 0.5) is 0 Å². The maximum atomic E-state index is 12.8. The first kappa shape index (κ1) is 60.1. The number of unbranched alkanes of at least 4 members (excludes halogenated alkanes) is 34. The number of ether oxygens (including phenoxy) is 3. The van der Waals surface area contributed by atoms with E-state index in [4.69, 9.17) is 14.2 Å². The predicted molar refractivity (Wildman–Crippen MR) is 270 cm³/mol. The van der Waals surface area contributed by atoms with Crippen LogP contribution in [-0.4, -0.2) is 37.9 Å². The van der Waals surface area contributed by atoms with Gasteiger partial charge in [-0.1, -0.05) is 237 Å². The van der Waals surface area contributed by atoms with Gasteiger partial charge in [-0.3, -0.25) is 9.59 Å². The summed E-state index contributed by atoms with van der Waals surface area (Å²) in [5.74, 6) is -0.397. The highest BCUT2D eigenvalue weighted by Gasteiger charge is 2.17. The third-order valence-corrected chi connectivity index (χ3v) is 12.1. The summed E-state index contributed by atoms with van der Waals surface area (Å²) < 4.78 is 17.4. The van der Waals surface area contributed by atoms with Gasteiger partial charge in [-0.25, -0.2) is 0 Å². The molecule has 0 aromatic carbocycles. The lowest BCUT2D eigenvalue weighted by Gasteiger charge is -2.18. The van der Waals surface area contributed by atoms with Crippen molar-refractivity contribution in [1.82, 2.24) is 0 Å². The number of carbonyl (C=O) groups is 2. The first-order valence-corrected chi connectivity index (χ1v) is 27.5. The summed E-state index contributed by atoms with van der Waals surface area (Å²) >= 11 is 0. The van der Waals surface area contributed by atoms with Crippen molar-refractivity contribution in [3.05, 3.63) is 36.5 Å². The highest BCUT2D eigenvalue weighted by atomic mass is 16.6. The van der Waals surface area contributed by atoms with Crippen molar-refractivity contribution in [1.29, 1.82) is 0 Å². The van der Waals surface area contributed by atoms with E-state index in [1.165, 1.54) is 199 Å². The molecule has 0 aliphatic carbocycles. The summed E-state index contributed by atoms with van der Waals surface area (Å²) in [5.41, 5.74) is 0. The molecule has 0 fully saturated rings. The van der Waals surface area contributed by atoms with Crippen LogP contribution >= 0.6 is 0 Å². The number of allylic oxidation sites excluding steroid dienone is 6. The Morgan fingerprint density at radius 3 is 1.13 bits per heavy atom. The van der Waals surface area contributed by atoms with Gasteiger partial charge in [0.15, 0.2) is 6.10 Å². The van der Waals surface area contributed by atoms with E-state index in [9.17, 15) is 9.59 Å². The zero-order valence-electron chi connectivity index (χ0n) is 41.9. The Hall–Kier alpha value is -1.88. The second kappa shape index (κ2) is 53.5. The number of rotatable bonds is 51. The molecule has 1 unspecified atom stereocenters. The Morgan fingerprint density at radius 1 is 0.355 bits per heavy atom.